The van der Waals surface area contributed by atoms with Gasteiger partial charge in [-0.1, -0.05) is 12.1 Å². The van der Waals surface area contributed by atoms with Crippen LogP contribution in [0.5, 0.6) is 17.2 Å². The lowest BCUT2D eigenvalue weighted by Crippen LogP contribution is -2.41. The predicted molar refractivity (Wildman–Crippen MR) is 126 cm³/mol. The summed E-state index contributed by atoms with van der Waals surface area (Å²) in [6.45, 7) is 1.17. The molecule has 3 aromatic rings. The molecule has 0 aliphatic carbocycles. The summed E-state index contributed by atoms with van der Waals surface area (Å²) in [6.07, 6.45) is 2.58. The molecular weight excluding hydrogens is 452 g/mol. The maximum atomic E-state index is 13.5. The number of carbonyl (C=O) groups is 2. The first-order chi connectivity index (χ1) is 17.0. The Morgan fingerprint density at radius 2 is 2.06 bits per heavy atom. The number of ether oxygens (including phenoxy) is 3. The molecule has 0 fully saturated rings. The number of H-pyrrole nitrogens is 2. The van der Waals surface area contributed by atoms with E-state index in [1.54, 1.807) is 4.90 Å². The van der Waals surface area contributed by atoms with Crippen molar-refractivity contribution in [2.75, 3.05) is 33.4 Å². The first-order valence-corrected chi connectivity index (χ1v) is 11.4. The van der Waals surface area contributed by atoms with Crippen LogP contribution in [0.2, 0.25) is 0 Å². The topological polar surface area (TPSA) is 126 Å². The van der Waals surface area contributed by atoms with Gasteiger partial charge in [-0.05, 0) is 53.8 Å². The van der Waals surface area contributed by atoms with Crippen molar-refractivity contribution < 1.29 is 23.8 Å². The fourth-order valence-electron chi connectivity index (χ4n) is 4.54. The summed E-state index contributed by atoms with van der Waals surface area (Å²) in [5.74, 6) is 1.08. The third kappa shape index (κ3) is 4.59. The van der Waals surface area contributed by atoms with Crippen LogP contribution in [-0.4, -0.2) is 60.1 Å². The van der Waals surface area contributed by atoms with Crippen LogP contribution in [0, 0.1) is 0 Å². The van der Waals surface area contributed by atoms with Crippen LogP contribution in [0.3, 0.4) is 0 Å². The van der Waals surface area contributed by atoms with Crippen molar-refractivity contribution >= 4 is 11.8 Å². The van der Waals surface area contributed by atoms with Gasteiger partial charge in [-0.3, -0.25) is 9.59 Å². The molecule has 6 rings (SSSR count). The number of hydrogen-bond donors (Lipinski definition) is 3. The largest absolute Gasteiger partial charge is 0.494 e. The van der Waals surface area contributed by atoms with Crippen molar-refractivity contribution in [1.29, 1.82) is 0 Å². The van der Waals surface area contributed by atoms with E-state index in [2.05, 4.69) is 15.3 Å². The van der Waals surface area contributed by atoms with E-state index < -0.39 is 11.7 Å². The summed E-state index contributed by atoms with van der Waals surface area (Å²) >= 11 is 0. The number of aromatic nitrogens is 2. The Morgan fingerprint density at radius 1 is 1.17 bits per heavy atom. The van der Waals surface area contributed by atoms with Crippen molar-refractivity contribution in [3.05, 3.63) is 75.5 Å². The van der Waals surface area contributed by atoms with E-state index in [1.807, 2.05) is 36.4 Å². The quantitative estimate of drug-likeness (QED) is 0.516. The van der Waals surface area contributed by atoms with Crippen LogP contribution >= 0.6 is 0 Å². The highest BCUT2D eigenvalue weighted by Crippen LogP contribution is 2.42. The van der Waals surface area contributed by atoms with E-state index in [0.29, 0.717) is 49.8 Å². The minimum absolute atomic E-state index is 0.135. The number of rotatable bonds is 2. The molecule has 1 unspecified atom stereocenters. The zero-order chi connectivity index (χ0) is 24.4. The van der Waals surface area contributed by atoms with Gasteiger partial charge in [0, 0.05) is 19.3 Å². The number of aromatic amines is 2. The second-order valence-corrected chi connectivity index (χ2v) is 8.42. The number of hydrogen-bond acceptors (Lipinski definition) is 6. The minimum Gasteiger partial charge on any atom is -0.494 e. The molecule has 3 aliphatic rings. The van der Waals surface area contributed by atoms with Crippen LogP contribution in [0.15, 0.2) is 47.4 Å². The zero-order valence-corrected chi connectivity index (χ0v) is 19.3. The molecule has 2 amide bonds. The van der Waals surface area contributed by atoms with Crippen LogP contribution in [0.25, 0.3) is 0 Å². The number of methoxy groups -OCH3 is 1. The molecule has 3 N–H and O–H groups in total. The van der Waals surface area contributed by atoms with Gasteiger partial charge in [0.05, 0.1) is 19.8 Å². The average Bonchev–Trinajstić information content (AvgIpc) is 3.31. The SMILES string of the molecule is COc1cc2c3cc1OCC(=O)NCCCOc1cccc(c1)C2N(C(=O)c1c[nH]c(=O)[nH]1)CC3. The van der Waals surface area contributed by atoms with Crippen LogP contribution < -0.4 is 25.2 Å². The maximum absolute atomic E-state index is 13.5. The number of imidazole rings is 1. The third-order valence-electron chi connectivity index (χ3n) is 6.19. The minimum atomic E-state index is -0.452. The Labute approximate surface area is 201 Å². The first kappa shape index (κ1) is 22.6. The molecule has 0 spiro atoms. The normalized spacial score (nSPS) is 17.8. The lowest BCUT2D eigenvalue weighted by molar-refractivity contribution is -0.123. The highest BCUT2D eigenvalue weighted by atomic mass is 16.5. The number of amides is 2. The van der Waals surface area contributed by atoms with Gasteiger partial charge in [-0.2, -0.15) is 0 Å². The zero-order valence-electron chi connectivity index (χ0n) is 19.3. The molecular formula is C25H26N4O6. The van der Waals surface area contributed by atoms with Gasteiger partial charge in [0.15, 0.2) is 18.1 Å². The third-order valence-corrected chi connectivity index (χ3v) is 6.19. The fourth-order valence-corrected chi connectivity index (χ4v) is 4.54. The molecule has 4 heterocycles. The molecule has 182 valence electrons. The summed E-state index contributed by atoms with van der Waals surface area (Å²) in [5, 5.41) is 2.83. The summed E-state index contributed by atoms with van der Waals surface area (Å²) in [5.41, 5.74) is 2.48. The van der Waals surface area contributed by atoms with E-state index in [-0.39, 0.29) is 24.1 Å². The number of nitrogens with zero attached hydrogens (tertiary/aromatic N) is 1. The highest BCUT2D eigenvalue weighted by molar-refractivity contribution is 5.93. The first-order valence-electron chi connectivity index (χ1n) is 11.4. The summed E-state index contributed by atoms with van der Waals surface area (Å²) in [7, 11) is 1.53. The monoisotopic (exact) mass is 478 g/mol. The van der Waals surface area contributed by atoms with Crippen LogP contribution in [-0.2, 0) is 11.2 Å². The van der Waals surface area contributed by atoms with E-state index in [1.165, 1.54) is 13.3 Å². The van der Waals surface area contributed by atoms with Gasteiger partial charge in [-0.25, -0.2) is 4.79 Å². The predicted octanol–water partition coefficient (Wildman–Crippen LogP) is 1.78. The Morgan fingerprint density at radius 3 is 2.86 bits per heavy atom. The Hall–Kier alpha value is -4.21. The second-order valence-electron chi connectivity index (χ2n) is 8.42. The number of benzene rings is 2. The molecule has 10 heteroatoms. The Kier molecular flexibility index (Phi) is 6.17. The highest BCUT2D eigenvalue weighted by Gasteiger charge is 2.34. The van der Waals surface area contributed by atoms with E-state index in [9.17, 15) is 14.4 Å². The number of fused-ring (bicyclic) bond motifs is 8. The lowest BCUT2D eigenvalue weighted by Gasteiger charge is -2.38. The summed E-state index contributed by atoms with van der Waals surface area (Å²) in [4.78, 5) is 44.1. The maximum Gasteiger partial charge on any atom is 0.323 e. The van der Waals surface area contributed by atoms with Crippen molar-refractivity contribution in [1.82, 2.24) is 20.2 Å². The van der Waals surface area contributed by atoms with Gasteiger partial charge in [-0.15, -0.1) is 0 Å². The van der Waals surface area contributed by atoms with Gasteiger partial charge in [0.1, 0.15) is 11.4 Å². The fraction of sp³-hybridized carbons (Fsp3) is 0.320. The molecule has 6 bridgehead atoms. The lowest BCUT2D eigenvalue weighted by atomic mass is 9.87. The Bertz CT molecular complexity index is 1310. The Balaban J connectivity index is 1.64. The van der Waals surface area contributed by atoms with Gasteiger partial charge < -0.3 is 34.4 Å². The van der Waals surface area contributed by atoms with Gasteiger partial charge in [0.2, 0.25) is 0 Å². The molecule has 2 aromatic carbocycles. The molecule has 35 heavy (non-hydrogen) atoms. The van der Waals surface area contributed by atoms with Gasteiger partial charge >= 0.3 is 5.69 Å². The number of carbonyl (C=O) groups excluding carboxylic acids is 2. The van der Waals surface area contributed by atoms with Crippen molar-refractivity contribution in [2.45, 2.75) is 18.9 Å². The summed E-state index contributed by atoms with van der Waals surface area (Å²) in [6, 6.07) is 10.9. The second kappa shape index (κ2) is 9.57. The van der Waals surface area contributed by atoms with Crippen LogP contribution in [0.1, 0.15) is 39.6 Å². The van der Waals surface area contributed by atoms with Crippen LogP contribution in [0.4, 0.5) is 0 Å². The number of nitrogens with one attached hydrogen (secondary N) is 3. The summed E-state index contributed by atoms with van der Waals surface area (Å²) < 4.78 is 17.3. The van der Waals surface area contributed by atoms with E-state index in [4.69, 9.17) is 14.2 Å². The van der Waals surface area contributed by atoms with Crippen molar-refractivity contribution in [3.63, 3.8) is 0 Å². The van der Waals surface area contributed by atoms with Crippen molar-refractivity contribution in [2.24, 2.45) is 0 Å². The van der Waals surface area contributed by atoms with E-state index in [0.717, 1.165) is 16.7 Å². The molecule has 1 aromatic heterocycles. The molecule has 0 radical (unpaired) electrons. The van der Waals surface area contributed by atoms with Crippen molar-refractivity contribution in [3.8, 4) is 17.2 Å². The molecule has 0 saturated carbocycles. The standard InChI is InChI=1S/C25H26N4O6/c1-33-20-12-18-15-6-8-29(24(31)19-13-27-25(32)28-19)23(18)16-4-2-5-17(10-16)34-9-3-7-26-22(30)14-35-21(20)11-15/h2,4-5,10-13,23H,3,6-9,14H2,1H3,(H,26,30)(H2,27,28,32). The molecule has 10 nitrogen and oxygen atoms in total. The van der Waals surface area contributed by atoms with Gasteiger partial charge in [0.25, 0.3) is 11.8 Å². The van der Waals surface area contributed by atoms with E-state index >= 15 is 0 Å². The molecule has 0 saturated heterocycles. The molecule has 3 aliphatic heterocycles. The average molecular weight is 479 g/mol. The smallest absolute Gasteiger partial charge is 0.323 e. The molecule has 1 atom stereocenters.